The number of rotatable bonds is 6. The van der Waals surface area contributed by atoms with E-state index in [0.717, 1.165) is 0 Å². The molecular formula is C14H17NO4. The SMILES string of the molecule is CCNC(=O)[C@@H](OC(=O)CC(C)=O)c1ccccc1. The number of nitrogens with one attached hydrogen (secondary N) is 1. The van der Waals surface area contributed by atoms with Crippen molar-refractivity contribution in [2.45, 2.75) is 26.4 Å². The fourth-order valence-corrected chi connectivity index (χ4v) is 1.54. The van der Waals surface area contributed by atoms with Crippen molar-refractivity contribution in [1.29, 1.82) is 0 Å². The van der Waals surface area contributed by atoms with E-state index in [0.29, 0.717) is 12.1 Å². The van der Waals surface area contributed by atoms with Crippen molar-refractivity contribution in [1.82, 2.24) is 5.32 Å². The number of carbonyl (C=O) groups is 3. The Morgan fingerprint density at radius 2 is 1.84 bits per heavy atom. The Balaban J connectivity index is 2.84. The molecule has 0 spiro atoms. The van der Waals surface area contributed by atoms with Crippen LogP contribution in [-0.2, 0) is 19.1 Å². The second-order valence-electron chi connectivity index (χ2n) is 4.05. The lowest BCUT2D eigenvalue weighted by Crippen LogP contribution is -2.32. The first-order valence-corrected chi connectivity index (χ1v) is 6.06. The second-order valence-corrected chi connectivity index (χ2v) is 4.05. The number of ether oxygens (including phenoxy) is 1. The van der Waals surface area contributed by atoms with Gasteiger partial charge in [0, 0.05) is 12.1 Å². The molecule has 5 nitrogen and oxygen atoms in total. The molecule has 19 heavy (non-hydrogen) atoms. The molecule has 0 saturated heterocycles. The van der Waals surface area contributed by atoms with E-state index in [1.165, 1.54) is 6.92 Å². The van der Waals surface area contributed by atoms with E-state index in [1.807, 2.05) is 0 Å². The van der Waals surface area contributed by atoms with Gasteiger partial charge in [-0.1, -0.05) is 30.3 Å². The number of hydrogen-bond donors (Lipinski definition) is 1. The predicted octanol–water partition coefficient (Wildman–Crippen LogP) is 1.39. The summed E-state index contributed by atoms with van der Waals surface area (Å²) in [7, 11) is 0. The molecule has 0 heterocycles. The first kappa shape index (κ1) is 14.9. The fraction of sp³-hybridized carbons (Fsp3) is 0.357. The van der Waals surface area contributed by atoms with Crippen LogP contribution in [0.1, 0.15) is 31.9 Å². The minimum atomic E-state index is -1.02. The Morgan fingerprint density at radius 3 is 2.37 bits per heavy atom. The van der Waals surface area contributed by atoms with E-state index < -0.39 is 18.0 Å². The Morgan fingerprint density at radius 1 is 1.21 bits per heavy atom. The van der Waals surface area contributed by atoms with Crippen LogP contribution in [0.5, 0.6) is 0 Å². The molecule has 0 unspecified atom stereocenters. The van der Waals surface area contributed by atoms with Crippen LogP contribution in [0.15, 0.2) is 30.3 Å². The smallest absolute Gasteiger partial charge is 0.314 e. The highest BCUT2D eigenvalue weighted by atomic mass is 16.5. The van der Waals surface area contributed by atoms with E-state index >= 15 is 0 Å². The monoisotopic (exact) mass is 263 g/mol. The molecule has 0 fully saturated rings. The Bertz CT molecular complexity index is 456. The molecule has 5 heteroatoms. The van der Waals surface area contributed by atoms with Gasteiger partial charge in [0.2, 0.25) is 6.10 Å². The molecule has 1 N–H and O–H groups in total. The first-order valence-electron chi connectivity index (χ1n) is 6.06. The van der Waals surface area contributed by atoms with Crippen molar-refractivity contribution in [3.05, 3.63) is 35.9 Å². The minimum absolute atomic E-state index is 0.298. The zero-order valence-electron chi connectivity index (χ0n) is 11.0. The molecule has 0 aliphatic heterocycles. The average molecular weight is 263 g/mol. The third-order valence-corrected chi connectivity index (χ3v) is 2.33. The lowest BCUT2D eigenvalue weighted by Gasteiger charge is -2.17. The third kappa shape index (κ3) is 4.91. The first-order chi connectivity index (χ1) is 9.04. The van der Waals surface area contributed by atoms with Crippen LogP contribution in [0.2, 0.25) is 0 Å². The number of esters is 1. The normalized spacial score (nSPS) is 11.5. The predicted molar refractivity (Wildman–Crippen MR) is 69.3 cm³/mol. The van der Waals surface area contributed by atoms with Gasteiger partial charge in [-0.15, -0.1) is 0 Å². The van der Waals surface area contributed by atoms with Crippen molar-refractivity contribution >= 4 is 17.7 Å². The zero-order valence-corrected chi connectivity index (χ0v) is 11.0. The lowest BCUT2D eigenvalue weighted by atomic mass is 10.1. The summed E-state index contributed by atoms with van der Waals surface area (Å²) in [5.74, 6) is -1.40. The van der Waals surface area contributed by atoms with Crippen LogP contribution < -0.4 is 5.32 Å². The molecule has 1 rings (SSSR count). The van der Waals surface area contributed by atoms with Gasteiger partial charge in [0.25, 0.3) is 5.91 Å². The van der Waals surface area contributed by atoms with Gasteiger partial charge in [0.05, 0.1) is 0 Å². The van der Waals surface area contributed by atoms with Gasteiger partial charge in [-0.25, -0.2) is 0 Å². The van der Waals surface area contributed by atoms with Crippen LogP contribution in [0.3, 0.4) is 0 Å². The maximum atomic E-state index is 11.9. The zero-order chi connectivity index (χ0) is 14.3. The lowest BCUT2D eigenvalue weighted by molar-refractivity contribution is -0.157. The highest BCUT2D eigenvalue weighted by Crippen LogP contribution is 2.18. The summed E-state index contributed by atoms with van der Waals surface area (Å²) in [5, 5.41) is 2.60. The molecule has 0 saturated carbocycles. The number of likely N-dealkylation sites (N-methyl/N-ethyl adjacent to an activating group) is 1. The number of benzene rings is 1. The third-order valence-electron chi connectivity index (χ3n) is 2.33. The molecule has 1 atom stereocenters. The van der Waals surface area contributed by atoms with Crippen molar-refractivity contribution in [2.75, 3.05) is 6.54 Å². The Hall–Kier alpha value is -2.17. The largest absolute Gasteiger partial charge is 0.447 e. The van der Waals surface area contributed by atoms with Gasteiger partial charge in [0.1, 0.15) is 12.2 Å². The maximum Gasteiger partial charge on any atom is 0.314 e. The van der Waals surface area contributed by atoms with E-state index in [1.54, 1.807) is 37.3 Å². The Labute approximate surface area is 111 Å². The summed E-state index contributed by atoms with van der Waals surface area (Å²) in [6.07, 6.45) is -1.35. The fourth-order valence-electron chi connectivity index (χ4n) is 1.54. The molecular weight excluding hydrogens is 246 g/mol. The van der Waals surface area contributed by atoms with Crippen LogP contribution in [0, 0.1) is 0 Å². The van der Waals surface area contributed by atoms with Crippen LogP contribution in [-0.4, -0.2) is 24.2 Å². The number of ketones is 1. The molecule has 1 aromatic rings. The summed E-state index contributed by atoms with van der Waals surface area (Å²) in [6.45, 7) is 3.51. The van der Waals surface area contributed by atoms with E-state index in [4.69, 9.17) is 4.74 Å². The van der Waals surface area contributed by atoms with Crippen LogP contribution in [0.25, 0.3) is 0 Å². The molecule has 1 amide bonds. The van der Waals surface area contributed by atoms with Gasteiger partial charge in [0.15, 0.2) is 0 Å². The summed E-state index contributed by atoms with van der Waals surface area (Å²) >= 11 is 0. The summed E-state index contributed by atoms with van der Waals surface area (Å²) in [6, 6.07) is 8.69. The summed E-state index contributed by atoms with van der Waals surface area (Å²) in [5.41, 5.74) is 0.574. The number of amides is 1. The molecule has 0 radical (unpaired) electrons. The number of carbonyl (C=O) groups excluding carboxylic acids is 3. The quantitative estimate of drug-likeness (QED) is 0.621. The van der Waals surface area contributed by atoms with Crippen molar-refractivity contribution < 1.29 is 19.1 Å². The van der Waals surface area contributed by atoms with Crippen molar-refractivity contribution in [3.8, 4) is 0 Å². The maximum absolute atomic E-state index is 11.9. The molecule has 102 valence electrons. The van der Waals surface area contributed by atoms with Gasteiger partial charge in [-0.3, -0.25) is 14.4 Å². The average Bonchev–Trinajstić information content (AvgIpc) is 2.36. The van der Waals surface area contributed by atoms with Crippen LogP contribution >= 0.6 is 0 Å². The molecule has 0 aliphatic carbocycles. The molecule has 1 aromatic carbocycles. The number of hydrogen-bond acceptors (Lipinski definition) is 4. The van der Waals surface area contributed by atoms with Crippen LogP contribution in [0.4, 0.5) is 0 Å². The van der Waals surface area contributed by atoms with Gasteiger partial charge in [-0.05, 0) is 13.8 Å². The highest BCUT2D eigenvalue weighted by Gasteiger charge is 2.24. The van der Waals surface area contributed by atoms with E-state index in [-0.39, 0.29) is 12.2 Å². The Kier molecular flexibility index (Phi) is 5.73. The van der Waals surface area contributed by atoms with E-state index in [9.17, 15) is 14.4 Å². The van der Waals surface area contributed by atoms with Crippen molar-refractivity contribution in [2.24, 2.45) is 0 Å². The summed E-state index contributed by atoms with van der Waals surface area (Å²) in [4.78, 5) is 34.3. The van der Waals surface area contributed by atoms with Crippen molar-refractivity contribution in [3.63, 3.8) is 0 Å². The van der Waals surface area contributed by atoms with Gasteiger partial charge in [-0.2, -0.15) is 0 Å². The van der Waals surface area contributed by atoms with Gasteiger partial charge < -0.3 is 10.1 Å². The minimum Gasteiger partial charge on any atom is -0.447 e. The number of Topliss-reactive ketones (excluding diaryl/α,β-unsaturated/α-hetero) is 1. The topological polar surface area (TPSA) is 72.5 Å². The molecule has 0 bridgehead atoms. The molecule has 0 aliphatic rings. The molecule has 0 aromatic heterocycles. The second kappa shape index (κ2) is 7.31. The summed E-state index contributed by atoms with van der Waals surface area (Å²) < 4.78 is 5.09. The van der Waals surface area contributed by atoms with Gasteiger partial charge >= 0.3 is 5.97 Å². The standard InChI is InChI=1S/C14H17NO4/c1-3-15-14(18)13(11-7-5-4-6-8-11)19-12(17)9-10(2)16/h4-8,13H,3,9H2,1-2H3,(H,15,18)/t13-/m0/s1. The van der Waals surface area contributed by atoms with E-state index in [2.05, 4.69) is 5.32 Å². The highest BCUT2D eigenvalue weighted by molar-refractivity contribution is 5.95.